The Hall–Kier alpha value is -1.11. The van der Waals surface area contributed by atoms with E-state index in [1.54, 1.807) is 0 Å². The second kappa shape index (κ2) is 6.58. The monoisotopic (exact) mass is 230 g/mol. The van der Waals surface area contributed by atoms with E-state index in [2.05, 4.69) is 30.3 Å². The van der Waals surface area contributed by atoms with Crippen LogP contribution in [0.15, 0.2) is 30.3 Å². The third-order valence-corrected chi connectivity index (χ3v) is 3.75. The van der Waals surface area contributed by atoms with E-state index >= 15 is 0 Å². The van der Waals surface area contributed by atoms with Crippen LogP contribution in [0.2, 0.25) is 0 Å². The van der Waals surface area contributed by atoms with Crippen molar-refractivity contribution >= 4 is 5.78 Å². The van der Waals surface area contributed by atoms with Gasteiger partial charge in [-0.3, -0.25) is 4.79 Å². The Morgan fingerprint density at radius 3 is 2.71 bits per heavy atom. The Balaban J connectivity index is 1.61. The van der Waals surface area contributed by atoms with Crippen LogP contribution in [-0.4, -0.2) is 5.78 Å². The van der Waals surface area contributed by atoms with E-state index in [1.807, 2.05) is 0 Å². The minimum Gasteiger partial charge on any atom is -0.300 e. The predicted octanol–water partition coefficient (Wildman–Crippen LogP) is 4.16. The first-order valence-electron chi connectivity index (χ1n) is 6.90. The Kier molecular flexibility index (Phi) is 4.78. The first kappa shape index (κ1) is 12.3. The average molecular weight is 230 g/mol. The van der Waals surface area contributed by atoms with E-state index in [4.69, 9.17) is 0 Å². The molecule has 1 aromatic rings. The first-order valence-corrected chi connectivity index (χ1v) is 6.90. The van der Waals surface area contributed by atoms with Gasteiger partial charge in [-0.2, -0.15) is 0 Å². The fourth-order valence-electron chi connectivity index (χ4n) is 2.77. The van der Waals surface area contributed by atoms with E-state index in [0.29, 0.717) is 11.7 Å². The molecule has 0 bridgehead atoms. The molecule has 0 saturated heterocycles. The molecule has 0 aliphatic heterocycles. The number of rotatable bonds is 5. The van der Waals surface area contributed by atoms with Gasteiger partial charge in [-0.05, 0) is 37.2 Å². The zero-order valence-corrected chi connectivity index (χ0v) is 10.5. The fourth-order valence-corrected chi connectivity index (χ4v) is 2.77. The third-order valence-electron chi connectivity index (χ3n) is 3.75. The summed E-state index contributed by atoms with van der Waals surface area (Å²) in [5.41, 5.74) is 1.44. The smallest absolute Gasteiger partial charge is 0.133 e. The summed E-state index contributed by atoms with van der Waals surface area (Å²) in [5, 5.41) is 0. The lowest BCUT2D eigenvalue weighted by atomic mass is 9.85. The van der Waals surface area contributed by atoms with Crippen LogP contribution in [0.25, 0.3) is 0 Å². The van der Waals surface area contributed by atoms with Crippen molar-refractivity contribution in [1.29, 1.82) is 0 Å². The molecule has 17 heavy (non-hydrogen) atoms. The SMILES string of the molecule is O=C1CCC[C@H](CCCCc2ccccc2)C1. The molecular formula is C16H22O. The number of hydrogen-bond acceptors (Lipinski definition) is 1. The van der Waals surface area contributed by atoms with E-state index < -0.39 is 0 Å². The Morgan fingerprint density at radius 1 is 1.12 bits per heavy atom. The molecule has 1 fully saturated rings. The summed E-state index contributed by atoms with van der Waals surface area (Å²) >= 11 is 0. The Bertz CT molecular complexity index is 342. The standard InChI is InChI=1S/C16H22O/c17-16-12-6-11-15(13-16)10-5-4-9-14-7-2-1-3-8-14/h1-3,7-8,15H,4-6,9-13H2/t15-/m0/s1. The van der Waals surface area contributed by atoms with Gasteiger partial charge in [0.05, 0.1) is 0 Å². The normalized spacial score (nSPS) is 20.5. The lowest BCUT2D eigenvalue weighted by Gasteiger charge is -2.20. The average Bonchev–Trinajstić information content (AvgIpc) is 2.36. The van der Waals surface area contributed by atoms with Gasteiger partial charge in [0.25, 0.3) is 0 Å². The molecule has 0 amide bonds. The van der Waals surface area contributed by atoms with Crippen LogP contribution < -0.4 is 0 Å². The summed E-state index contributed by atoms with van der Waals surface area (Å²) in [5.74, 6) is 1.18. The number of ketones is 1. The van der Waals surface area contributed by atoms with Crippen LogP contribution in [0.4, 0.5) is 0 Å². The van der Waals surface area contributed by atoms with E-state index in [9.17, 15) is 4.79 Å². The van der Waals surface area contributed by atoms with Gasteiger partial charge in [-0.15, -0.1) is 0 Å². The second-order valence-electron chi connectivity index (χ2n) is 5.23. The van der Waals surface area contributed by atoms with Crippen LogP contribution in [0, 0.1) is 5.92 Å². The minimum absolute atomic E-state index is 0.490. The zero-order chi connectivity index (χ0) is 11.9. The maximum absolute atomic E-state index is 11.3. The molecule has 92 valence electrons. The highest BCUT2D eigenvalue weighted by molar-refractivity contribution is 5.79. The van der Waals surface area contributed by atoms with Gasteiger partial charge in [0, 0.05) is 12.8 Å². The largest absolute Gasteiger partial charge is 0.300 e. The van der Waals surface area contributed by atoms with Gasteiger partial charge >= 0.3 is 0 Å². The second-order valence-corrected chi connectivity index (χ2v) is 5.23. The van der Waals surface area contributed by atoms with Crippen molar-refractivity contribution in [3.05, 3.63) is 35.9 Å². The van der Waals surface area contributed by atoms with Crippen molar-refractivity contribution in [3.8, 4) is 0 Å². The Labute approximate surface area is 104 Å². The molecule has 1 atom stereocenters. The van der Waals surface area contributed by atoms with Crippen molar-refractivity contribution in [2.24, 2.45) is 5.92 Å². The zero-order valence-electron chi connectivity index (χ0n) is 10.5. The molecule has 1 heteroatoms. The van der Waals surface area contributed by atoms with Gasteiger partial charge < -0.3 is 0 Å². The number of Topliss-reactive ketones (excluding diaryl/α,β-unsaturated/α-hetero) is 1. The van der Waals surface area contributed by atoms with Crippen molar-refractivity contribution in [1.82, 2.24) is 0 Å². The maximum Gasteiger partial charge on any atom is 0.133 e. The van der Waals surface area contributed by atoms with Gasteiger partial charge in [0.2, 0.25) is 0 Å². The van der Waals surface area contributed by atoms with Crippen molar-refractivity contribution in [3.63, 3.8) is 0 Å². The molecule has 0 heterocycles. The summed E-state index contributed by atoms with van der Waals surface area (Å²) in [6.07, 6.45) is 9.05. The van der Waals surface area contributed by atoms with Crippen LogP contribution in [0.3, 0.4) is 0 Å². The molecule has 1 nitrogen and oxygen atoms in total. The van der Waals surface area contributed by atoms with Crippen molar-refractivity contribution in [2.45, 2.75) is 51.4 Å². The molecule has 1 aromatic carbocycles. The third kappa shape index (κ3) is 4.33. The molecule has 0 N–H and O–H groups in total. The molecule has 0 spiro atoms. The molecule has 0 unspecified atom stereocenters. The summed E-state index contributed by atoms with van der Waals surface area (Å²) < 4.78 is 0. The van der Waals surface area contributed by atoms with Crippen molar-refractivity contribution in [2.75, 3.05) is 0 Å². The van der Waals surface area contributed by atoms with Crippen LogP contribution in [-0.2, 0) is 11.2 Å². The number of carbonyl (C=O) groups excluding carboxylic acids is 1. The van der Waals surface area contributed by atoms with E-state index in [0.717, 1.165) is 19.3 Å². The van der Waals surface area contributed by atoms with Crippen molar-refractivity contribution < 1.29 is 4.79 Å². The highest BCUT2D eigenvalue weighted by Gasteiger charge is 2.18. The first-order chi connectivity index (χ1) is 8.34. The number of unbranched alkanes of at least 4 members (excludes halogenated alkanes) is 1. The van der Waals surface area contributed by atoms with Gasteiger partial charge in [0.15, 0.2) is 0 Å². The number of aryl methyl sites for hydroxylation is 1. The fraction of sp³-hybridized carbons (Fsp3) is 0.562. The highest BCUT2D eigenvalue weighted by atomic mass is 16.1. The molecule has 2 rings (SSSR count). The molecule has 1 saturated carbocycles. The van der Waals surface area contributed by atoms with Gasteiger partial charge in [0.1, 0.15) is 5.78 Å². The highest BCUT2D eigenvalue weighted by Crippen LogP contribution is 2.26. The molecule has 0 radical (unpaired) electrons. The molecular weight excluding hydrogens is 208 g/mol. The summed E-state index contributed by atoms with van der Waals surface area (Å²) in [6, 6.07) is 10.7. The lowest BCUT2D eigenvalue weighted by molar-refractivity contribution is -0.121. The molecule has 1 aliphatic carbocycles. The summed E-state index contributed by atoms with van der Waals surface area (Å²) in [4.78, 5) is 11.3. The van der Waals surface area contributed by atoms with Gasteiger partial charge in [-0.1, -0.05) is 43.2 Å². The van der Waals surface area contributed by atoms with Gasteiger partial charge in [-0.25, -0.2) is 0 Å². The van der Waals surface area contributed by atoms with Crippen LogP contribution in [0.5, 0.6) is 0 Å². The maximum atomic E-state index is 11.3. The summed E-state index contributed by atoms with van der Waals surface area (Å²) in [6.45, 7) is 0. The lowest BCUT2D eigenvalue weighted by Crippen LogP contribution is -2.14. The minimum atomic E-state index is 0.490. The number of carbonyl (C=O) groups is 1. The van der Waals surface area contributed by atoms with E-state index in [-0.39, 0.29) is 0 Å². The summed E-state index contributed by atoms with van der Waals surface area (Å²) in [7, 11) is 0. The van der Waals surface area contributed by atoms with Crippen LogP contribution >= 0.6 is 0 Å². The molecule has 1 aliphatic rings. The number of hydrogen-bond donors (Lipinski definition) is 0. The topological polar surface area (TPSA) is 17.1 Å². The molecule has 0 aromatic heterocycles. The number of benzene rings is 1. The van der Waals surface area contributed by atoms with Crippen LogP contribution in [0.1, 0.15) is 50.5 Å². The quantitative estimate of drug-likeness (QED) is 0.694. The Morgan fingerprint density at radius 2 is 1.94 bits per heavy atom. The van der Waals surface area contributed by atoms with E-state index in [1.165, 1.54) is 37.7 Å². The predicted molar refractivity (Wildman–Crippen MR) is 71.0 cm³/mol.